The number of hydrogen-bond acceptors (Lipinski definition) is 6. The standard InChI is InChI=1S/C23H22FN7O/c1-30-9-5-8-18-20(30)22(26-12-14-6-3-2-4-7-14)29-23(28-18)31-19-11-15(24)10-16(21(25)32)17(19)13-27-31/h2-4,6-7,10-11,13H,5,8-9,12H2,1H3,(H2,25,32)(H,26,28,29). The number of fused-ring (bicyclic) bond motifs is 2. The van der Waals surface area contributed by atoms with E-state index in [1.54, 1.807) is 0 Å². The number of amides is 1. The number of aryl methyl sites for hydroxylation is 1. The van der Waals surface area contributed by atoms with Crippen molar-refractivity contribution in [1.29, 1.82) is 0 Å². The fraction of sp³-hybridized carbons (Fsp3) is 0.217. The molecule has 0 saturated carbocycles. The second kappa shape index (κ2) is 7.92. The van der Waals surface area contributed by atoms with Crippen LogP contribution in [0, 0.1) is 5.82 Å². The van der Waals surface area contributed by atoms with Gasteiger partial charge in [-0.25, -0.2) is 9.37 Å². The molecule has 0 aliphatic carbocycles. The highest BCUT2D eigenvalue weighted by Gasteiger charge is 2.24. The van der Waals surface area contributed by atoms with Crippen molar-refractivity contribution in [1.82, 2.24) is 19.7 Å². The first-order chi connectivity index (χ1) is 15.5. The minimum atomic E-state index is -0.716. The molecule has 8 nitrogen and oxygen atoms in total. The van der Waals surface area contributed by atoms with Gasteiger partial charge >= 0.3 is 0 Å². The third-order valence-electron chi connectivity index (χ3n) is 5.64. The minimum Gasteiger partial charge on any atom is -0.370 e. The summed E-state index contributed by atoms with van der Waals surface area (Å²) in [5.74, 6) is -0.294. The van der Waals surface area contributed by atoms with Gasteiger partial charge in [-0.15, -0.1) is 0 Å². The smallest absolute Gasteiger partial charge is 0.253 e. The number of hydrogen-bond donors (Lipinski definition) is 2. The third kappa shape index (κ3) is 3.51. The zero-order valence-electron chi connectivity index (χ0n) is 17.5. The van der Waals surface area contributed by atoms with Crippen LogP contribution >= 0.6 is 0 Å². The molecule has 9 heteroatoms. The number of primary amides is 1. The highest BCUT2D eigenvalue weighted by atomic mass is 19.1. The summed E-state index contributed by atoms with van der Waals surface area (Å²) < 4.78 is 15.7. The summed E-state index contributed by atoms with van der Waals surface area (Å²) in [6, 6.07) is 12.5. The monoisotopic (exact) mass is 431 g/mol. The Labute approximate surface area is 183 Å². The van der Waals surface area contributed by atoms with E-state index in [1.807, 2.05) is 37.4 Å². The van der Waals surface area contributed by atoms with Crippen LogP contribution in [0.4, 0.5) is 15.9 Å². The van der Waals surface area contributed by atoms with Gasteiger partial charge in [-0.3, -0.25) is 4.79 Å². The van der Waals surface area contributed by atoms with Gasteiger partial charge in [0.15, 0.2) is 5.82 Å². The number of carbonyl (C=O) groups is 1. The van der Waals surface area contributed by atoms with Crippen molar-refractivity contribution >= 4 is 28.3 Å². The molecular formula is C23H22FN7O. The van der Waals surface area contributed by atoms with Crippen LogP contribution in [0.2, 0.25) is 0 Å². The average Bonchev–Trinajstić information content (AvgIpc) is 3.21. The van der Waals surface area contributed by atoms with Gasteiger partial charge in [0.05, 0.1) is 23.0 Å². The van der Waals surface area contributed by atoms with Gasteiger partial charge in [0.2, 0.25) is 5.91 Å². The molecule has 5 rings (SSSR count). The number of rotatable bonds is 5. The average molecular weight is 431 g/mol. The van der Waals surface area contributed by atoms with E-state index < -0.39 is 11.7 Å². The van der Waals surface area contributed by atoms with Crippen LogP contribution in [0.15, 0.2) is 48.7 Å². The molecule has 0 atom stereocenters. The molecule has 1 amide bonds. The number of halogens is 1. The van der Waals surface area contributed by atoms with Gasteiger partial charge < -0.3 is 16.0 Å². The van der Waals surface area contributed by atoms with Crippen LogP contribution in [0.25, 0.3) is 16.9 Å². The molecule has 0 bridgehead atoms. The molecule has 162 valence electrons. The molecule has 32 heavy (non-hydrogen) atoms. The zero-order valence-corrected chi connectivity index (χ0v) is 17.5. The molecule has 0 spiro atoms. The summed E-state index contributed by atoms with van der Waals surface area (Å²) in [6.45, 7) is 1.51. The summed E-state index contributed by atoms with van der Waals surface area (Å²) >= 11 is 0. The van der Waals surface area contributed by atoms with Gasteiger partial charge in [-0.05, 0) is 24.5 Å². The molecule has 2 aromatic heterocycles. The van der Waals surface area contributed by atoms with E-state index in [2.05, 4.69) is 15.3 Å². The molecule has 0 unspecified atom stereocenters. The number of nitrogens with two attached hydrogens (primary N) is 1. The summed E-state index contributed by atoms with van der Waals surface area (Å²) in [5.41, 5.74) is 8.87. The lowest BCUT2D eigenvalue weighted by atomic mass is 10.1. The van der Waals surface area contributed by atoms with Gasteiger partial charge in [-0.2, -0.15) is 14.8 Å². The maximum absolute atomic E-state index is 14.2. The normalized spacial score (nSPS) is 13.2. The third-order valence-corrected chi connectivity index (χ3v) is 5.64. The Hall–Kier alpha value is -4.01. The second-order valence-electron chi connectivity index (χ2n) is 7.84. The van der Waals surface area contributed by atoms with E-state index in [1.165, 1.54) is 16.9 Å². The fourth-order valence-corrected chi connectivity index (χ4v) is 4.11. The Morgan fingerprint density at radius 3 is 2.81 bits per heavy atom. The van der Waals surface area contributed by atoms with E-state index in [0.717, 1.165) is 42.4 Å². The molecule has 3 N–H and O–H groups in total. The van der Waals surface area contributed by atoms with Crippen LogP contribution in [-0.2, 0) is 13.0 Å². The van der Waals surface area contributed by atoms with Gasteiger partial charge in [-0.1, -0.05) is 30.3 Å². The largest absolute Gasteiger partial charge is 0.370 e. The summed E-state index contributed by atoms with van der Waals surface area (Å²) in [4.78, 5) is 23.4. The number of anilines is 2. The highest BCUT2D eigenvalue weighted by Crippen LogP contribution is 2.33. The fourth-order valence-electron chi connectivity index (χ4n) is 4.11. The van der Waals surface area contributed by atoms with Crippen LogP contribution in [0.1, 0.15) is 28.0 Å². The summed E-state index contributed by atoms with van der Waals surface area (Å²) in [7, 11) is 2.02. The van der Waals surface area contributed by atoms with Crippen molar-refractivity contribution in [3.05, 3.63) is 71.3 Å². The van der Waals surface area contributed by atoms with Crippen molar-refractivity contribution < 1.29 is 9.18 Å². The number of aromatic nitrogens is 4. The SMILES string of the molecule is CN1CCCc2nc(-n3ncc4c(C(N)=O)cc(F)cc43)nc(NCc3ccccc3)c21. The predicted molar refractivity (Wildman–Crippen MR) is 120 cm³/mol. The zero-order chi connectivity index (χ0) is 22.2. The quantitative estimate of drug-likeness (QED) is 0.504. The maximum atomic E-state index is 14.2. The first-order valence-corrected chi connectivity index (χ1v) is 10.4. The second-order valence-corrected chi connectivity index (χ2v) is 7.84. The predicted octanol–water partition coefficient (Wildman–Crippen LogP) is 3.05. The van der Waals surface area contributed by atoms with Crippen LogP contribution in [0.3, 0.4) is 0 Å². The lowest BCUT2D eigenvalue weighted by molar-refractivity contribution is 0.100. The molecule has 2 aromatic carbocycles. The van der Waals surface area contributed by atoms with Crippen LogP contribution in [-0.4, -0.2) is 39.2 Å². The molecule has 1 aliphatic heterocycles. The van der Waals surface area contributed by atoms with E-state index >= 15 is 0 Å². The van der Waals surface area contributed by atoms with E-state index in [4.69, 9.17) is 15.7 Å². The van der Waals surface area contributed by atoms with Crippen molar-refractivity contribution in [3.63, 3.8) is 0 Å². The Morgan fingerprint density at radius 1 is 1.22 bits per heavy atom. The molecule has 3 heterocycles. The number of nitrogens with one attached hydrogen (secondary N) is 1. The molecule has 0 radical (unpaired) electrons. The molecule has 1 aliphatic rings. The molecule has 0 saturated heterocycles. The van der Waals surface area contributed by atoms with E-state index in [-0.39, 0.29) is 5.56 Å². The summed E-state index contributed by atoms with van der Waals surface area (Å²) in [5, 5.41) is 8.24. The van der Waals surface area contributed by atoms with Gasteiger partial charge in [0, 0.05) is 31.6 Å². The number of benzene rings is 2. The van der Waals surface area contributed by atoms with Crippen molar-refractivity contribution in [2.75, 3.05) is 23.8 Å². The number of carbonyl (C=O) groups excluding carboxylic acids is 1. The Kier molecular flexibility index (Phi) is 4.93. The van der Waals surface area contributed by atoms with Gasteiger partial charge in [0.1, 0.15) is 11.5 Å². The Morgan fingerprint density at radius 2 is 2.03 bits per heavy atom. The van der Waals surface area contributed by atoms with Crippen LogP contribution < -0.4 is 16.0 Å². The Bertz CT molecular complexity index is 1320. The first-order valence-electron chi connectivity index (χ1n) is 10.4. The van der Waals surface area contributed by atoms with E-state index in [9.17, 15) is 9.18 Å². The van der Waals surface area contributed by atoms with Gasteiger partial charge in [0.25, 0.3) is 5.95 Å². The topological polar surface area (TPSA) is 102 Å². The van der Waals surface area contributed by atoms with Crippen molar-refractivity contribution in [2.24, 2.45) is 5.73 Å². The Balaban J connectivity index is 1.63. The van der Waals surface area contributed by atoms with Crippen LogP contribution in [0.5, 0.6) is 0 Å². The van der Waals surface area contributed by atoms with E-state index in [0.29, 0.717) is 29.2 Å². The summed E-state index contributed by atoms with van der Waals surface area (Å²) in [6.07, 6.45) is 3.26. The highest BCUT2D eigenvalue weighted by molar-refractivity contribution is 6.05. The lowest BCUT2D eigenvalue weighted by Crippen LogP contribution is -2.28. The molecular weight excluding hydrogens is 409 g/mol. The minimum absolute atomic E-state index is 0.0753. The first kappa shape index (κ1) is 19.9. The van der Waals surface area contributed by atoms with Crippen molar-refractivity contribution in [2.45, 2.75) is 19.4 Å². The molecule has 0 fully saturated rings. The molecule has 4 aromatic rings. The number of nitrogens with zero attached hydrogens (tertiary/aromatic N) is 5. The maximum Gasteiger partial charge on any atom is 0.253 e. The van der Waals surface area contributed by atoms with Crippen molar-refractivity contribution in [3.8, 4) is 5.95 Å². The lowest BCUT2D eigenvalue weighted by Gasteiger charge is -2.29.